The van der Waals surface area contributed by atoms with Crippen LogP contribution in [0.3, 0.4) is 0 Å². The van der Waals surface area contributed by atoms with Crippen LogP contribution in [0.2, 0.25) is 0 Å². The van der Waals surface area contributed by atoms with Crippen LogP contribution in [-0.4, -0.2) is 0 Å². The van der Waals surface area contributed by atoms with E-state index < -0.39 is 0 Å². The monoisotopic (exact) mass is 248 g/mol. The molecule has 1 heteroatoms. The van der Waals surface area contributed by atoms with Gasteiger partial charge in [0, 0.05) is 0 Å². The molecule has 0 aromatic carbocycles. The van der Waals surface area contributed by atoms with E-state index in [1.165, 1.54) is 77.0 Å². The van der Waals surface area contributed by atoms with Gasteiger partial charge in [-0.25, -0.2) is 0 Å². The van der Waals surface area contributed by atoms with Gasteiger partial charge in [0.2, 0.25) is 0 Å². The smallest absolute Gasteiger partial charge is 0.341 e. The van der Waals surface area contributed by atoms with Crippen molar-refractivity contribution in [1.82, 2.24) is 0 Å². The summed E-state index contributed by atoms with van der Waals surface area (Å²) in [5.41, 5.74) is 0. The van der Waals surface area contributed by atoms with Gasteiger partial charge < -0.3 is 6.92 Å². The molecule has 0 bridgehead atoms. The summed E-state index contributed by atoms with van der Waals surface area (Å²) in [4.78, 5) is 0. The molecule has 0 amide bonds. The largest absolute Gasteiger partial charge is 1.00 e. The van der Waals surface area contributed by atoms with E-state index in [0.29, 0.717) is 5.92 Å². The van der Waals surface area contributed by atoms with E-state index in [0.717, 1.165) is 0 Å². The van der Waals surface area contributed by atoms with E-state index in [9.17, 15) is 0 Å². The normalized spacial score (nSPS) is 12.2. The summed E-state index contributed by atoms with van der Waals surface area (Å²) in [6.07, 6.45) is 17.2. The summed E-state index contributed by atoms with van der Waals surface area (Å²) in [5, 5.41) is 0. The first-order valence-corrected chi connectivity index (χ1v) is 7.60. The van der Waals surface area contributed by atoms with Gasteiger partial charge in [0.05, 0.1) is 0 Å². The fourth-order valence-corrected chi connectivity index (χ4v) is 2.16. The van der Waals surface area contributed by atoms with Crippen molar-refractivity contribution in [3.05, 3.63) is 6.92 Å². The van der Waals surface area contributed by atoms with Crippen LogP contribution in [0.4, 0.5) is 0 Å². The average Bonchev–Trinajstić information content (AvgIpc) is 2.25. The number of unbranched alkanes of at least 4 members (excludes halogenated alkanes) is 10. The topological polar surface area (TPSA) is 0 Å². The van der Waals surface area contributed by atoms with Crippen molar-refractivity contribution in [2.45, 2.75) is 90.9 Å². The second kappa shape index (κ2) is 17.0. The van der Waals surface area contributed by atoms with Gasteiger partial charge in [-0.2, -0.15) is 5.92 Å². The van der Waals surface area contributed by atoms with Crippen molar-refractivity contribution in [1.29, 1.82) is 0 Å². The van der Waals surface area contributed by atoms with Gasteiger partial charge in [0.15, 0.2) is 0 Å². The molecule has 98 valence electrons. The Morgan fingerprint density at radius 2 is 1.06 bits per heavy atom. The van der Waals surface area contributed by atoms with Crippen LogP contribution >= 0.6 is 0 Å². The molecule has 1 unspecified atom stereocenters. The standard InChI is InChI=1S/C16H33.Na/c1-4-5-6-7-8-9-10-11-12-13-14-15-16(2)3;/h16H,2,4-15H2,1,3H3;/q-1;+1. The molecule has 0 N–H and O–H groups in total. The maximum atomic E-state index is 4.02. The van der Waals surface area contributed by atoms with E-state index in [1.54, 1.807) is 0 Å². The number of rotatable bonds is 12. The van der Waals surface area contributed by atoms with Crippen molar-refractivity contribution in [2.24, 2.45) is 5.92 Å². The van der Waals surface area contributed by atoms with Crippen molar-refractivity contribution in [2.75, 3.05) is 0 Å². The van der Waals surface area contributed by atoms with E-state index in [-0.39, 0.29) is 29.6 Å². The third-order valence-corrected chi connectivity index (χ3v) is 3.30. The van der Waals surface area contributed by atoms with E-state index >= 15 is 0 Å². The van der Waals surface area contributed by atoms with Gasteiger partial charge in [-0.1, -0.05) is 90.9 Å². The van der Waals surface area contributed by atoms with Gasteiger partial charge in [-0.15, -0.1) is 0 Å². The summed E-state index contributed by atoms with van der Waals surface area (Å²) >= 11 is 0. The second-order valence-corrected chi connectivity index (χ2v) is 5.43. The second-order valence-electron chi connectivity index (χ2n) is 5.43. The molecule has 17 heavy (non-hydrogen) atoms. The van der Waals surface area contributed by atoms with Crippen LogP contribution in [0.5, 0.6) is 0 Å². The van der Waals surface area contributed by atoms with Crippen molar-refractivity contribution in [3.8, 4) is 0 Å². The Labute approximate surface area is 133 Å². The fraction of sp³-hybridized carbons (Fsp3) is 0.938. The molecular weight excluding hydrogens is 215 g/mol. The molecule has 0 aromatic heterocycles. The summed E-state index contributed by atoms with van der Waals surface area (Å²) in [6.45, 7) is 8.52. The first-order valence-electron chi connectivity index (χ1n) is 7.60. The van der Waals surface area contributed by atoms with Crippen LogP contribution in [0, 0.1) is 12.8 Å². The molecule has 0 aliphatic heterocycles. The molecule has 0 nitrogen and oxygen atoms in total. The van der Waals surface area contributed by atoms with E-state index in [4.69, 9.17) is 0 Å². The molecule has 0 aliphatic rings. The first-order chi connectivity index (χ1) is 7.77. The summed E-state index contributed by atoms with van der Waals surface area (Å²) in [7, 11) is 0. The minimum atomic E-state index is 0. The third kappa shape index (κ3) is 19.5. The van der Waals surface area contributed by atoms with Crippen molar-refractivity contribution < 1.29 is 29.6 Å². The molecule has 0 heterocycles. The van der Waals surface area contributed by atoms with Gasteiger partial charge in [0.1, 0.15) is 0 Å². The van der Waals surface area contributed by atoms with Crippen LogP contribution in [0.25, 0.3) is 0 Å². The van der Waals surface area contributed by atoms with Crippen LogP contribution in [-0.2, 0) is 0 Å². The van der Waals surface area contributed by atoms with Crippen LogP contribution in [0.15, 0.2) is 0 Å². The zero-order valence-electron chi connectivity index (χ0n) is 12.8. The Morgan fingerprint density at radius 3 is 1.41 bits per heavy atom. The summed E-state index contributed by atoms with van der Waals surface area (Å²) in [5.74, 6) is 0.651. The van der Waals surface area contributed by atoms with Gasteiger partial charge in [-0.3, -0.25) is 0 Å². The average molecular weight is 248 g/mol. The molecule has 0 spiro atoms. The Morgan fingerprint density at radius 1 is 0.706 bits per heavy atom. The SMILES string of the molecule is [CH2-]C(C)CCCCCCCCCCCCC.[Na+]. The zero-order valence-corrected chi connectivity index (χ0v) is 14.8. The molecule has 0 radical (unpaired) electrons. The quantitative estimate of drug-likeness (QED) is 0.283. The summed E-state index contributed by atoms with van der Waals surface area (Å²) in [6, 6.07) is 0. The van der Waals surface area contributed by atoms with Crippen molar-refractivity contribution in [3.63, 3.8) is 0 Å². The van der Waals surface area contributed by atoms with Gasteiger partial charge in [-0.05, 0) is 0 Å². The maximum absolute atomic E-state index is 4.02. The predicted molar refractivity (Wildman–Crippen MR) is 75.6 cm³/mol. The molecule has 0 aromatic rings. The van der Waals surface area contributed by atoms with Crippen molar-refractivity contribution >= 4 is 0 Å². The molecule has 0 saturated heterocycles. The Bertz CT molecular complexity index is 121. The third-order valence-electron chi connectivity index (χ3n) is 3.30. The molecule has 0 fully saturated rings. The van der Waals surface area contributed by atoms with Gasteiger partial charge >= 0.3 is 29.6 Å². The van der Waals surface area contributed by atoms with Crippen LogP contribution < -0.4 is 29.6 Å². The van der Waals surface area contributed by atoms with E-state index in [1.807, 2.05) is 0 Å². The predicted octanol–water partition coefficient (Wildman–Crippen LogP) is 3.16. The minimum absolute atomic E-state index is 0. The minimum Gasteiger partial charge on any atom is -0.341 e. The number of hydrogen-bond acceptors (Lipinski definition) is 0. The Kier molecular flexibility index (Phi) is 20.3. The van der Waals surface area contributed by atoms with Crippen LogP contribution in [0.1, 0.15) is 90.9 Å². The Balaban J connectivity index is 0. The first kappa shape index (κ1) is 20.3. The van der Waals surface area contributed by atoms with Gasteiger partial charge in [0.25, 0.3) is 0 Å². The Hall–Kier alpha value is 1.00. The zero-order chi connectivity index (χ0) is 12.1. The number of hydrogen-bond donors (Lipinski definition) is 0. The molecule has 0 aliphatic carbocycles. The molecule has 0 rings (SSSR count). The summed E-state index contributed by atoms with van der Waals surface area (Å²) < 4.78 is 0. The molecule has 1 atom stereocenters. The van der Waals surface area contributed by atoms with E-state index in [2.05, 4.69) is 20.8 Å². The molecule has 0 saturated carbocycles. The maximum Gasteiger partial charge on any atom is 1.00 e. The molecular formula is C16H33Na. The fourth-order valence-electron chi connectivity index (χ4n) is 2.16.